The van der Waals surface area contributed by atoms with Gasteiger partial charge in [-0.15, -0.1) is 0 Å². The van der Waals surface area contributed by atoms with Crippen molar-refractivity contribution in [3.05, 3.63) is 91.8 Å². The first-order valence-corrected chi connectivity index (χ1v) is 11.7. The molecule has 5 rings (SSSR count). The van der Waals surface area contributed by atoms with Crippen LogP contribution in [0.25, 0.3) is 11.2 Å². The maximum absolute atomic E-state index is 13.1. The third-order valence-corrected chi connectivity index (χ3v) is 6.79. The van der Waals surface area contributed by atoms with Gasteiger partial charge in [0.05, 0.1) is 6.54 Å². The smallest absolute Gasteiger partial charge is 0.332 e. The fraction of sp³-hybridized carbons (Fsp3) is 0.320. The van der Waals surface area contributed by atoms with Crippen LogP contribution < -0.4 is 16.1 Å². The number of imidazole rings is 1. The minimum absolute atomic E-state index is 0.334. The molecule has 1 saturated heterocycles. The van der Waals surface area contributed by atoms with E-state index in [0.29, 0.717) is 29.3 Å². The Morgan fingerprint density at radius 3 is 2.21 bits per heavy atom. The number of aryl methyl sites for hydroxylation is 1. The van der Waals surface area contributed by atoms with E-state index < -0.39 is 0 Å². The zero-order valence-corrected chi connectivity index (χ0v) is 20.1. The Kier molecular flexibility index (Phi) is 6.02. The molecule has 0 saturated carbocycles. The molecule has 1 aliphatic rings. The first-order chi connectivity index (χ1) is 16.4. The van der Waals surface area contributed by atoms with Gasteiger partial charge in [0.1, 0.15) is 5.82 Å². The number of benzene rings is 2. The van der Waals surface area contributed by atoms with Crippen molar-refractivity contribution < 1.29 is 0 Å². The highest BCUT2D eigenvalue weighted by Gasteiger charge is 2.23. The number of aromatic nitrogens is 4. The summed E-state index contributed by atoms with van der Waals surface area (Å²) in [6, 6.07) is 18.0. The molecule has 8 nitrogen and oxygen atoms in total. The quantitative estimate of drug-likeness (QED) is 0.441. The topological polar surface area (TPSA) is 68.3 Å². The summed E-state index contributed by atoms with van der Waals surface area (Å²) in [5.41, 5.74) is 2.39. The maximum atomic E-state index is 13.1. The molecule has 1 fully saturated rings. The summed E-state index contributed by atoms with van der Waals surface area (Å²) in [6.07, 6.45) is 0. The fourth-order valence-corrected chi connectivity index (χ4v) is 4.68. The van der Waals surface area contributed by atoms with Crippen LogP contribution in [0.2, 0.25) is 5.02 Å². The van der Waals surface area contributed by atoms with Crippen LogP contribution in [0.1, 0.15) is 11.4 Å². The lowest BCUT2D eigenvalue weighted by Crippen LogP contribution is -2.46. The van der Waals surface area contributed by atoms with E-state index in [2.05, 4.69) is 34.1 Å². The second-order valence-corrected chi connectivity index (χ2v) is 9.15. The molecule has 34 heavy (non-hydrogen) atoms. The first-order valence-electron chi connectivity index (χ1n) is 11.3. The van der Waals surface area contributed by atoms with Crippen molar-refractivity contribution in [3.63, 3.8) is 0 Å². The second-order valence-electron chi connectivity index (χ2n) is 8.72. The Morgan fingerprint density at radius 1 is 0.853 bits per heavy atom. The van der Waals surface area contributed by atoms with Crippen LogP contribution >= 0.6 is 11.6 Å². The third kappa shape index (κ3) is 4.15. The highest BCUT2D eigenvalue weighted by atomic mass is 35.5. The van der Waals surface area contributed by atoms with Crippen LogP contribution in [0.3, 0.4) is 0 Å². The molecular formula is C25H27ClN6O2. The highest BCUT2D eigenvalue weighted by molar-refractivity contribution is 6.30. The number of rotatable bonds is 5. The molecule has 0 radical (unpaired) electrons. The van der Waals surface area contributed by atoms with Gasteiger partial charge in [0, 0.05) is 57.5 Å². The van der Waals surface area contributed by atoms with Gasteiger partial charge in [-0.2, -0.15) is 0 Å². The molecule has 0 N–H and O–H groups in total. The number of piperazine rings is 1. The van der Waals surface area contributed by atoms with Gasteiger partial charge in [-0.25, -0.2) is 9.78 Å². The van der Waals surface area contributed by atoms with Gasteiger partial charge in [0.15, 0.2) is 11.2 Å². The molecule has 2 aromatic carbocycles. The van der Waals surface area contributed by atoms with E-state index in [-0.39, 0.29) is 11.2 Å². The standard InChI is InChI=1S/C25H27ClN6O2/c1-28-23-22(24(33)29(2)25(28)34)32(16-18-8-10-19(26)11-9-18)21(27-23)17-30-12-14-31(15-13-30)20-6-4-3-5-7-20/h3-11H,12-17H2,1-2H3. The van der Waals surface area contributed by atoms with Crippen LogP contribution in [0.4, 0.5) is 5.69 Å². The van der Waals surface area contributed by atoms with E-state index >= 15 is 0 Å². The second kappa shape index (κ2) is 9.12. The molecule has 0 unspecified atom stereocenters. The van der Waals surface area contributed by atoms with Crippen LogP contribution in [0, 0.1) is 0 Å². The largest absolute Gasteiger partial charge is 0.369 e. The van der Waals surface area contributed by atoms with Crippen molar-refractivity contribution in [3.8, 4) is 0 Å². The molecule has 0 amide bonds. The molecule has 0 spiro atoms. The maximum Gasteiger partial charge on any atom is 0.332 e. The summed E-state index contributed by atoms with van der Waals surface area (Å²) in [7, 11) is 3.17. The molecule has 2 aromatic heterocycles. The first kappa shape index (κ1) is 22.4. The zero-order chi connectivity index (χ0) is 23.8. The Labute approximate surface area is 202 Å². The van der Waals surface area contributed by atoms with Crippen LogP contribution in [0.15, 0.2) is 64.2 Å². The fourth-order valence-electron chi connectivity index (χ4n) is 4.56. The molecule has 4 aromatic rings. The summed E-state index contributed by atoms with van der Waals surface area (Å²) < 4.78 is 4.54. The lowest BCUT2D eigenvalue weighted by molar-refractivity contribution is 0.241. The van der Waals surface area contributed by atoms with Crippen molar-refractivity contribution in [2.45, 2.75) is 13.1 Å². The Hall–Kier alpha value is -3.36. The lowest BCUT2D eigenvalue weighted by Gasteiger charge is -2.36. The van der Waals surface area contributed by atoms with Gasteiger partial charge in [-0.1, -0.05) is 41.9 Å². The molecule has 1 aliphatic heterocycles. The van der Waals surface area contributed by atoms with E-state index in [9.17, 15) is 9.59 Å². The number of fused-ring (bicyclic) bond motifs is 1. The third-order valence-electron chi connectivity index (χ3n) is 6.54. The number of para-hydroxylation sites is 1. The molecule has 9 heteroatoms. The molecule has 0 aliphatic carbocycles. The van der Waals surface area contributed by atoms with Crippen molar-refractivity contribution in [1.82, 2.24) is 23.6 Å². The van der Waals surface area contributed by atoms with E-state index in [1.807, 2.05) is 34.9 Å². The van der Waals surface area contributed by atoms with Crippen molar-refractivity contribution in [2.24, 2.45) is 14.1 Å². The number of nitrogens with zero attached hydrogens (tertiary/aromatic N) is 6. The molecule has 176 valence electrons. The SMILES string of the molecule is Cn1c(=O)c2c(nc(CN3CCN(c4ccccc4)CC3)n2Cc2ccc(Cl)cc2)n(C)c1=O. The highest BCUT2D eigenvalue weighted by Crippen LogP contribution is 2.20. The molecule has 0 atom stereocenters. The normalized spacial score (nSPS) is 14.7. The van der Waals surface area contributed by atoms with Gasteiger partial charge in [-0.3, -0.25) is 18.8 Å². The van der Waals surface area contributed by atoms with Crippen LogP contribution in [-0.2, 0) is 27.2 Å². The summed E-state index contributed by atoms with van der Waals surface area (Å²) in [5.74, 6) is 0.774. The Balaban J connectivity index is 1.48. The van der Waals surface area contributed by atoms with E-state index in [1.165, 1.54) is 17.3 Å². The summed E-state index contributed by atoms with van der Waals surface area (Å²) >= 11 is 6.07. The van der Waals surface area contributed by atoms with Crippen LogP contribution in [-0.4, -0.2) is 49.8 Å². The van der Waals surface area contributed by atoms with Crippen molar-refractivity contribution in [1.29, 1.82) is 0 Å². The summed E-state index contributed by atoms with van der Waals surface area (Å²) in [6.45, 7) is 4.68. The number of halogens is 1. The van der Waals surface area contributed by atoms with E-state index in [1.54, 1.807) is 7.05 Å². The van der Waals surface area contributed by atoms with Gasteiger partial charge in [0.25, 0.3) is 5.56 Å². The van der Waals surface area contributed by atoms with E-state index in [4.69, 9.17) is 16.6 Å². The molecule has 0 bridgehead atoms. The summed E-state index contributed by atoms with van der Waals surface area (Å²) in [5, 5.41) is 0.661. The predicted octanol–water partition coefficient (Wildman–Crippen LogP) is 2.46. The minimum atomic E-state index is -0.378. The zero-order valence-electron chi connectivity index (χ0n) is 19.3. The number of anilines is 1. The van der Waals surface area contributed by atoms with Gasteiger partial charge in [0.2, 0.25) is 0 Å². The minimum Gasteiger partial charge on any atom is -0.369 e. The van der Waals surface area contributed by atoms with Gasteiger partial charge >= 0.3 is 5.69 Å². The van der Waals surface area contributed by atoms with Gasteiger partial charge in [-0.05, 0) is 29.8 Å². The van der Waals surface area contributed by atoms with Gasteiger partial charge < -0.3 is 9.47 Å². The lowest BCUT2D eigenvalue weighted by atomic mass is 10.2. The Morgan fingerprint density at radius 2 is 1.53 bits per heavy atom. The average Bonchev–Trinajstić information content (AvgIpc) is 3.21. The van der Waals surface area contributed by atoms with Crippen molar-refractivity contribution >= 4 is 28.5 Å². The average molecular weight is 479 g/mol. The monoisotopic (exact) mass is 478 g/mol. The number of hydrogen-bond acceptors (Lipinski definition) is 5. The van der Waals surface area contributed by atoms with Crippen LogP contribution in [0.5, 0.6) is 0 Å². The summed E-state index contributed by atoms with van der Waals surface area (Å²) in [4.78, 5) is 35.2. The molecule has 3 heterocycles. The van der Waals surface area contributed by atoms with E-state index in [0.717, 1.165) is 42.1 Å². The number of hydrogen-bond donors (Lipinski definition) is 0. The van der Waals surface area contributed by atoms with Crippen molar-refractivity contribution in [2.75, 3.05) is 31.1 Å². The predicted molar refractivity (Wildman–Crippen MR) is 135 cm³/mol. The molecular weight excluding hydrogens is 452 g/mol. The Bertz CT molecular complexity index is 1430.